The monoisotopic (exact) mass is 282 g/mol. The van der Waals surface area contributed by atoms with Crippen LogP contribution in [0.2, 0.25) is 0 Å². The number of hydrogen-bond acceptors (Lipinski definition) is 5. The van der Waals surface area contributed by atoms with Crippen molar-refractivity contribution in [3.8, 4) is 0 Å². The number of amides is 1. The third-order valence-electron chi connectivity index (χ3n) is 3.21. The number of anilines is 1. The molecule has 1 aliphatic rings. The van der Waals surface area contributed by atoms with Gasteiger partial charge in [0.15, 0.2) is 0 Å². The fourth-order valence-electron chi connectivity index (χ4n) is 2.28. The number of rotatable bonds is 3. The highest BCUT2D eigenvalue weighted by Crippen LogP contribution is 2.26. The molecule has 0 aromatic carbocycles. The van der Waals surface area contributed by atoms with Gasteiger partial charge in [0.25, 0.3) is 5.91 Å². The third-order valence-corrected chi connectivity index (χ3v) is 4.13. The van der Waals surface area contributed by atoms with E-state index in [-0.39, 0.29) is 11.9 Å². The van der Waals surface area contributed by atoms with Crippen LogP contribution in [0.4, 0.5) is 5.69 Å². The van der Waals surface area contributed by atoms with E-state index in [2.05, 4.69) is 0 Å². The molecule has 0 radical (unpaired) electrons. The standard InChI is InChI=1S/C13H18N2O3S/c1-2-18-13(17)10-5-3-4-7-15(10)12(16)11-9(14)6-8-19-11/h6,8,10H,2-5,7,14H2,1H3. The average molecular weight is 282 g/mol. The van der Waals surface area contributed by atoms with E-state index in [0.29, 0.717) is 30.1 Å². The van der Waals surface area contributed by atoms with E-state index in [1.54, 1.807) is 23.3 Å². The van der Waals surface area contributed by atoms with Crippen LogP contribution in [0.5, 0.6) is 0 Å². The van der Waals surface area contributed by atoms with Crippen LogP contribution in [0.25, 0.3) is 0 Å². The number of nitrogen functional groups attached to an aromatic ring is 1. The number of likely N-dealkylation sites (tertiary alicyclic amines) is 1. The molecule has 1 fully saturated rings. The molecule has 104 valence electrons. The minimum Gasteiger partial charge on any atom is -0.464 e. The molecule has 6 heteroatoms. The number of piperidine rings is 1. The summed E-state index contributed by atoms with van der Waals surface area (Å²) in [6.07, 6.45) is 2.51. The lowest BCUT2D eigenvalue weighted by atomic mass is 10.0. The van der Waals surface area contributed by atoms with Gasteiger partial charge in [-0.05, 0) is 37.6 Å². The molecule has 5 nitrogen and oxygen atoms in total. The van der Waals surface area contributed by atoms with Crippen molar-refractivity contribution in [3.05, 3.63) is 16.3 Å². The van der Waals surface area contributed by atoms with Crippen molar-refractivity contribution in [2.75, 3.05) is 18.9 Å². The Morgan fingerprint density at radius 3 is 2.95 bits per heavy atom. The number of hydrogen-bond donors (Lipinski definition) is 1. The van der Waals surface area contributed by atoms with Gasteiger partial charge >= 0.3 is 5.97 Å². The minimum atomic E-state index is -0.470. The fraction of sp³-hybridized carbons (Fsp3) is 0.538. The van der Waals surface area contributed by atoms with Gasteiger partial charge < -0.3 is 15.4 Å². The van der Waals surface area contributed by atoms with Crippen LogP contribution < -0.4 is 5.73 Å². The predicted molar refractivity (Wildman–Crippen MR) is 74.0 cm³/mol. The van der Waals surface area contributed by atoms with Crippen LogP contribution in [0.3, 0.4) is 0 Å². The highest BCUT2D eigenvalue weighted by molar-refractivity contribution is 7.12. The van der Waals surface area contributed by atoms with Crippen LogP contribution in [0.15, 0.2) is 11.4 Å². The smallest absolute Gasteiger partial charge is 0.328 e. The van der Waals surface area contributed by atoms with E-state index in [1.807, 2.05) is 0 Å². The first-order valence-electron chi connectivity index (χ1n) is 6.45. The van der Waals surface area contributed by atoms with E-state index in [4.69, 9.17) is 10.5 Å². The van der Waals surface area contributed by atoms with Crippen LogP contribution in [-0.4, -0.2) is 36.0 Å². The van der Waals surface area contributed by atoms with E-state index in [1.165, 1.54) is 11.3 Å². The second kappa shape index (κ2) is 6.06. The molecule has 0 saturated carbocycles. The topological polar surface area (TPSA) is 72.6 Å². The molecular weight excluding hydrogens is 264 g/mol. The fourth-order valence-corrected chi connectivity index (χ4v) is 3.05. The van der Waals surface area contributed by atoms with E-state index >= 15 is 0 Å². The molecule has 2 heterocycles. The lowest BCUT2D eigenvalue weighted by Crippen LogP contribution is -2.48. The summed E-state index contributed by atoms with van der Waals surface area (Å²) in [6, 6.07) is 1.24. The Balaban J connectivity index is 2.18. The summed E-state index contributed by atoms with van der Waals surface area (Å²) >= 11 is 1.31. The summed E-state index contributed by atoms with van der Waals surface area (Å²) in [5.41, 5.74) is 6.25. The maximum absolute atomic E-state index is 12.4. The molecular formula is C13H18N2O3S. The Hall–Kier alpha value is -1.56. The lowest BCUT2D eigenvalue weighted by molar-refractivity contribution is -0.149. The number of carbonyl (C=O) groups is 2. The van der Waals surface area contributed by atoms with Crippen molar-refractivity contribution in [2.24, 2.45) is 0 Å². The Morgan fingerprint density at radius 1 is 1.53 bits per heavy atom. The highest BCUT2D eigenvalue weighted by atomic mass is 32.1. The molecule has 19 heavy (non-hydrogen) atoms. The van der Waals surface area contributed by atoms with Crippen LogP contribution in [0.1, 0.15) is 35.9 Å². The van der Waals surface area contributed by atoms with Gasteiger partial charge in [0, 0.05) is 6.54 Å². The van der Waals surface area contributed by atoms with Crippen molar-refractivity contribution >= 4 is 28.9 Å². The highest BCUT2D eigenvalue weighted by Gasteiger charge is 2.34. The van der Waals surface area contributed by atoms with Gasteiger partial charge in [0.2, 0.25) is 0 Å². The lowest BCUT2D eigenvalue weighted by Gasteiger charge is -2.33. The van der Waals surface area contributed by atoms with Gasteiger partial charge in [-0.3, -0.25) is 4.79 Å². The molecule has 1 aromatic rings. The second-order valence-corrected chi connectivity index (χ2v) is 5.38. The number of esters is 1. The summed E-state index contributed by atoms with van der Waals surface area (Å²) in [4.78, 5) is 26.5. The Kier molecular flexibility index (Phi) is 4.42. The number of nitrogens with two attached hydrogens (primary N) is 1. The summed E-state index contributed by atoms with van der Waals surface area (Å²) in [5, 5.41) is 1.78. The summed E-state index contributed by atoms with van der Waals surface area (Å²) < 4.78 is 5.05. The van der Waals surface area contributed by atoms with Crippen LogP contribution in [-0.2, 0) is 9.53 Å². The van der Waals surface area contributed by atoms with Gasteiger partial charge in [-0.2, -0.15) is 0 Å². The van der Waals surface area contributed by atoms with Gasteiger partial charge in [-0.1, -0.05) is 0 Å². The van der Waals surface area contributed by atoms with Crippen molar-refractivity contribution in [1.29, 1.82) is 0 Å². The quantitative estimate of drug-likeness (QED) is 0.859. The maximum atomic E-state index is 12.4. The van der Waals surface area contributed by atoms with E-state index < -0.39 is 6.04 Å². The molecule has 0 spiro atoms. The molecule has 2 N–H and O–H groups in total. The average Bonchev–Trinajstić information content (AvgIpc) is 2.84. The first kappa shape index (κ1) is 13.9. The normalized spacial score (nSPS) is 19.2. The molecule has 2 rings (SSSR count). The first-order valence-corrected chi connectivity index (χ1v) is 7.33. The molecule has 1 unspecified atom stereocenters. The van der Waals surface area contributed by atoms with Crippen molar-refractivity contribution in [2.45, 2.75) is 32.2 Å². The number of ether oxygens (including phenoxy) is 1. The molecule has 1 aliphatic heterocycles. The van der Waals surface area contributed by atoms with Crippen molar-refractivity contribution in [3.63, 3.8) is 0 Å². The molecule has 0 aliphatic carbocycles. The molecule has 1 aromatic heterocycles. The SMILES string of the molecule is CCOC(=O)C1CCCCN1C(=O)c1sccc1N. The zero-order valence-electron chi connectivity index (χ0n) is 10.9. The molecule has 1 saturated heterocycles. The number of carbonyl (C=O) groups excluding carboxylic acids is 2. The van der Waals surface area contributed by atoms with Gasteiger partial charge in [-0.25, -0.2) is 4.79 Å². The zero-order chi connectivity index (χ0) is 13.8. The predicted octanol–water partition coefficient (Wildman–Crippen LogP) is 1.89. The first-order chi connectivity index (χ1) is 9.15. The second-order valence-electron chi connectivity index (χ2n) is 4.47. The van der Waals surface area contributed by atoms with Crippen molar-refractivity contribution in [1.82, 2.24) is 4.90 Å². The van der Waals surface area contributed by atoms with E-state index in [9.17, 15) is 9.59 Å². The van der Waals surface area contributed by atoms with Crippen molar-refractivity contribution < 1.29 is 14.3 Å². The Morgan fingerprint density at radius 2 is 2.32 bits per heavy atom. The molecule has 0 bridgehead atoms. The van der Waals surface area contributed by atoms with Gasteiger partial charge in [0.05, 0.1) is 12.3 Å². The van der Waals surface area contributed by atoms with Gasteiger partial charge in [-0.15, -0.1) is 11.3 Å². The Bertz CT molecular complexity index is 472. The summed E-state index contributed by atoms with van der Waals surface area (Å²) in [7, 11) is 0. The number of nitrogens with zero attached hydrogens (tertiary/aromatic N) is 1. The largest absolute Gasteiger partial charge is 0.464 e. The van der Waals surface area contributed by atoms with Gasteiger partial charge in [0.1, 0.15) is 10.9 Å². The third kappa shape index (κ3) is 2.89. The van der Waals surface area contributed by atoms with Crippen LogP contribution >= 0.6 is 11.3 Å². The minimum absolute atomic E-state index is 0.162. The maximum Gasteiger partial charge on any atom is 0.328 e. The molecule has 1 atom stereocenters. The Labute approximate surface area is 116 Å². The number of thiophene rings is 1. The van der Waals surface area contributed by atoms with Crippen LogP contribution in [0, 0.1) is 0 Å². The molecule has 1 amide bonds. The summed E-state index contributed by atoms with van der Waals surface area (Å²) in [6.45, 7) is 2.68. The zero-order valence-corrected chi connectivity index (χ0v) is 11.7. The van der Waals surface area contributed by atoms with E-state index in [0.717, 1.165) is 12.8 Å². The summed E-state index contributed by atoms with van der Waals surface area (Å²) in [5.74, 6) is -0.476.